The highest BCUT2D eigenvalue weighted by Crippen LogP contribution is 2.41. The number of aromatic nitrogens is 2. The lowest BCUT2D eigenvalue weighted by atomic mass is 9.74. The number of nitrogens with zero attached hydrogens (tertiary/aromatic N) is 3. The van der Waals surface area contributed by atoms with Gasteiger partial charge in [-0.3, -0.25) is 9.88 Å². The van der Waals surface area contributed by atoms with E-state index in [0.717, 1.165) is 31.6 Å². The van der Waals surface area contributed by atoms with Gasteiger partial charge >= 0.3 is 0 Å². The number of fused-ring (bicyclic) bond motifs is 1. The fraction of sp³-hybridized carbons (Fsp3) is 0.440. The molecule has 1 fully saturated rings. The maximum absolute atomic E-state index is 15.5. The molecule has 4 rings (SSSR count). The minimum Gasteiger partial charge on any atom is -0.497 e. The van der Waals surface area contributed by atoms with Gasteiger partial charge in [0.2, 0.25) is 0 Å². The van der Waals surface area contributed by atoms with Crippen LogP contribution in [0, 0.1) is 17.3 Å². The Labute approximate surface area is 202 Å². The van der Waals surface area contributed by atoms with E-state index in [4.69, 9.17) is 16.3 Å². The van der Waals surface area contributed by atoms with Crippen molar-refractivity contribution in [3.63, 3.8) is 0 Å². The zero-order valence-corrected chi connectivity index (χ0v) is 20.1. The van der Waals surface area contributed by atoms with Gasteiger partial charge in [-0.1, -0.05) is 17.5 Å². The molecule has 1 saturated heterocycles. The standard InChI is InChI=1S/C25H27ClFN3O2S/c1-32-19-4-5-23-20(13-19)24(21(26)14-28-23)22(27)6-7-25(16-31)8-11-30(12-9-25)10-2-3-18-15-33-17-29-18/h4-5,13-15,17,22,31H,6-12,16H2,1H3/t22-/m0/s1. The van der Waals surface area contributed by atoms with E-state index in [1.165, 1.54) is 17.5 Å². The minimum atomic E-state index is -1.25. The van der Waals surface area contributed by atoms with Crippen molar-refractivity contribution in [1.82, 2.24) is 14.9 Å². The molecule has 0 amide bonds. The Morgan fingerprint density at radius 1 is 1.33 bits per heavy atom. The number of benzene rings is 1. The summed E-state index contributed by atoms with van der Waals surface area (Å²) in [5, 5.41) is 13.1. The maximum atomic E-state index is 15.5. The van der Waals surface area contributed by atoms with E-state index < -0.39 is 6.17 Å². The fourth-order valence-electron chi connectivity index (χ4n) is 4.38. The lowest BCUT2D eigenvalue weighted by Crippen LogP contribution is -2.42. The summed E-state index contributed by atoms with van der Waals surface area (Å²) in [4.78, 5) is 10.8. The lowest BCUT2D eigenvalue weighted by Gasteiger charge is -2.40. The third-order valence-corrected chi connectivity index (χ3v) is 7.40. The van der Waals surface area contributed by atoms with Crippen molar-refractivity contribution in [2.24, 2.45) is 5.41 Å². The minimum absolute atomic E-state index is 0.0523. The fourth-order valence-corrected chi connectivity index (χ4v) is 5.13. The third kappa shape index (κ3) is 5.64. The van der Waals surface area contributed by atoms with Crippen LogP contribution in [0.3, 0.4) is 0 Å². The number of aliphatic hydroxyl groups is 1. The van der Waals surface area contributed by atoms with Crippen molar-refractivity contribution in [2.75, 3.05) is 33.4 Å². The van der Waals surface area contributed by atoms with Crippen molar-refractivity contribution >= 4 is 33.8 Å². The maximum Gasteiger partial charge on any atom is 0.127 e. The van der Waals surface area contributed by atoms with Crippen molar-refractivity contribution < 1.29 is 14.2 Å². The molecule has 0 radical (unpaired) electrons. The summed E-state index contributed by atoms with van der Waals surface area (Å²) in [6.07, 6.45) is 2.76. The molecule has 5 nitrogen and oxygen atoms in total. The van der Waals surface area contributed by atoms with E-state index >= 15 is 4.39 Å². The molecule has 33 heavy (non-hydrogen) atoms. The topological polar surface area (TPSA) is 58.5 Å². The molecule has 174 valence electrons. The second-order valence-corrected chi connectivity index (χ2v) is 9.64. The number of ether oxygens (including phenoxy) is 1. The van der Waals surface area contributed by atoms with Crippen LogP contribution in [0.5, 0.6) is 5.75 Å². The molecule has 0 aliphatic carbocycles. The third-order valence-electron chi connectivity index (χ3n) is 6.51. The van der Waals surface area contributed by atoms with E-state index in [-0.39, 0.29) is 12.0 Å². The number of alkyl halides is 1. The first kappa shape index (κ1) is 23.9. The van der Waals surface area contributed by atoms with Gasteiger partial charge in [-0.15, -0.1) is 11.3 Å². The molecule has 0 spiro atoms. The average molecular weight is 488 g/mol. The normalized spacial score (nSPS) is 16.8. The molecule has 2 aromatic heterocycles. The largest absolute Gasteiger partial charge is 0.497 e. The summed E-state index contributed by atoms with van der Waals surface area (Å²) >= 11 is 7.91. The summed E-state index contributed by atoms with van der Waals surface area (Å²) in [7, 11) is 1.58. The summed E-state index contributed by atoms with van der Waals surface area (Å²) in [5.74, 6) is 6.89. The summed E-state index contributed by atoms with van der Waals surface area (Å²) in [6, 6.07) is 5.39. The second-order valence-electron chi connectivity index (χ2n) is 8.52. The predicted octanol–water partition coefficient (Wildman–Crippen LogP) is 5.27. The number of pyridine rings is 1. The first-order valence-electron chi connectivity index (χ1n) is 11.0. The van der Waals surface area contributed by atoms with Crippen molar-refractivity contribution in [3.8, 4) is 17.6 Å². The van der Waals surface area contributed by atoms with Crippen LogP contribution in [0.15, 0.2) is 35.3 Å². The highest BCUT2D eigenvalue weighted by Gasteiger charge is 2.35. The zero-order valence-electron chi connectivity index (χ0n) is 18.6. The molecular formula is C25H27ClFN3O2S. The Morgan fingerprint density at radius 2 is 2.15 bits per heavy atom. The number of likely N-dealkylation sites (tertiary alicyclic amines) is 1. The molecule has 0 unspecified atom stereocenters. The Balaban J connectivity index is 1.39. The molecule has 0 saturated carbocycles. The molecule has 1 N–H and O–H groups in total. The van der Waals surface area contributed by atoms with Crippen LogP contribution in [0.25, 0.3) is 10.9 Å². The molecule has 1 aliphatic rings. The van der Waals surface area contributed by atoms with Crippen LogP contribution in [-0.4, -0.2) is 53.3 Å². The smallest absolute Gasteiger partial charge is 0.127 e. The summed E-state index contributed by atoms with van der Waals surface area (Å²) < 4.78 is 20.8. The van der Waals surface area contributed by atoms with Gasteiger partial charge < -0.3 is 9.84 Å². The lowest BCUT2D eigenvalue weighted by molar-refractivity contribution is 0.0344. The number of hydrogen-bond donors (Lipinski definition) is 1. The number of hydrogen-bond acceptors (Lipinski definition) is 6. The van der Waals surface area contributed by atoms with Crippen LogP contribution in [0.4, 0.5) is 4.39 Å². The zero-order chi connectivity index (χ0) is 23.3. The van der Waals surface area contributed by atoms with Gasteiger partial charge in [0.1, 0.15) is 17.6 Å². The molecule has 3 heterocycles. The van der Waals surface area contributed by atoms with Gasteiger partial charge in [0, 0.05) is 29.1 Å². The highest BCUT2D eigenvalue weighted by atomic mass is 35.5. The summed E-state index contributed by atoms with van der Waals surface area (Å²) in [6.45, 7) is 2.39. The molecule has 1 atom stereocenters. The van der Waals surface area contributed by atoms with Crippen LogP contribution in [0.2, 0.25) is 5.02 Å². The Hall–Kier alpha value is -2.24. The van der Waals surface area contributed by atoms with Gasteiger partial charge in [0.15, 0.2) is 0 Å². The molecule has 1 aliphatic heterocycles. The highest BCUT2D eigenvalue weighted by molar-refractivity contribution is 7.07. The first-order chi connectivity index (χ1) is 16.0. The number of aliphatic hydroxyl groups excluding tert-OH is 1. The van der Waals surface area contributed by atoms with E-state index in [1.54, 1.807) is 24.8 Å². The first-order valence-corrected chi connectivity index (χ1v) is 12.3. The molecule has 1 aromatic carbocycles. The molecule has 0 bridgehead atoms. The monoisotopic (exact) mass is 487 g/mol. The van der Waals surface area contributed by atoms with E-state index in [9.17, 15) is 5.11 Å². The van der Waals surface area contributed by atoms with Gasteiger partial charge in [0.05, 0.1) is 29.7 Å². The van der Waals surface area contributed by atoms with E-state index in [1.807, 2.05) is 11.4 Å². The van der Waals surface area contributed by atoms with Crippen LogP contribution in [0.1, 0.15) is 43.1 Å². The molecule has 3 aromatic rings. The number of thiazole rings is 1. The number of piperidine rings is 1. The average Bonchev–Trinajstić information content (AvgIpc) is 3.36. The van der Waals surface area contributed by atoms with Crippen LogP contribution in [-0.2, 0) is 0 Å². The second kappa shape index (κ2) is 10.8. The van der Waals surface area contributed by atoms with E-state index in [2.05, 4.69) is 26.7 Å². The van der Waals surface area contributed by atoms with Crippen molar-refractivity contribution in [1.29, 1.82) is 0 Å². The van der Waals surface area contributed by atoms with Crippen molar-refractivity contribution in [2.45, 2.75) is 31.9 Å². The number of methoxy groups -OCH3 is 1. The Kier molecular flexibility index (Phi) is 7.82. The SMILES string of the molecule is COc1ccc2ncc(Cl)c([C@@H](F)CCC3(CO)CCN(CC#Cc4cscn4)CC3)c2c1. The number of rotatable bonds is 7. The quantitative estimate of drug-likeness (QED) is 0.460. The van der Waals surface area contributed by atoms with Gasteiger partial charge in [-0.05, 0) is 68.3 Å². The predicted molar refractivity (Wildman–Crippen MR) is 131 cm³/mol. The van der Waals surface area contributed by atoms with Gasteiger partial charge in [-0.2, -0.15) is 0 Å². The Bertz CT molecular complexity index is 1140. The molecular weight excluding hydrogens is 461 g/mol. The van der Waals surface area contributed by atoms with Crippen molar-refractivity contribution in [3.05, 3.63) is 51.6 Å². The van der Waals surface area contributed by atoms with Crippen LogP contribution < -0.4 is 4.74 Å². The van der Waals surface area contributed by atoms with E-state index in [0.29, 0.717) is 46.6 Å². The molecule has 8 heteroatoms. The Morgan fingerprint density at radius 3 is 2.85 bits per heavy atom. The number of halogens is 2. The van der Waals surface area contributed by atoms with Gasteiger partial charge in [0.25, 0.3) is 0 Å². The van der Waals surface area contributed by atoms with Crippen LogP contribution >= 0.6 is 22.9 Å². The summed E-state index contributed by atoms with van der Waals surface area (Å²) in [5.41, 5.74) is 3.42. The van der Waals surface area contributed by atoms with Gasteiger partial charge in [-0.25, -0.2) is 9.37 Å².